The van der Waals surface area contributed by atoms with Crippen LogP contribution >= 0.6 is 0 Å². The molecule has 0 aliphatic carbocycles. The quantitative estimate of drug-likeness (QED) is 0.415. The molecule has 0 spiro atoms. The molecule has 0 saturated heterocycles. The number of amides is 1. The van der Waals surface area contributed by atoms with Gasteiger partial charge >= 0.3 is 6.09 Å². The van der Waals surface area contributed by atoms with E-state index >= 15 is 0 Å². The van der Waals surface area contributed by atoms with Crippen molar-refractivity contribution < 1.29 is 28.1 Å². The van der Waals surface area contributed by atoms with Gasteiger partial charge in [0.05, 0.1) is 26.4 Å². The van der Waals surface area contributed by atoms with E-state index in [-0.39, 0.29) is 6.61 Å². The maximum absolute atomic E-state index is 12.2. The Labute approximate surface area is 195 Å². The highest BCUT2D eigenvalue weighted by atomic mass is 19.1. The fraction of sp³-hybridized carbons (Fsp3) is 0.440. The van der Waals surface area contributed by atoms with E-state index in [0.717, 1.165) is 16.8 Å². The van der Waals surface area contributed by atoms with Crippen LogP contribution in [0.15, 0.2) is 42.6 Å². The molecule has 1 aromatic heterocycles. The van der Waals surface area contributed by atoms with E-state index in [0.29, 0.717) is 32.3 Å². The van der Waals surface area contributed by atoms with Gasteiger partial charge in [0.25, 0.3) is 0 Å². The van der Waals surface area contributed by atoms with E-state index in [4.69, 9.17) is 18.9 Å². The van der Waals surface area contributed by atoms with Crippen LogP contribution in [0.5, 0.6) is 5.88 Å². The minimum Gasteiger partial charge on any atom is -0.475 e. The van der Waals surface area contributed by atoms with Crippen molar-refractivity contribution in [3.8, 4) is 5.88 Å². The Morgan fingerprint density at radius 2 is 1.55 bits per heavy atom. The van der Waals surface area contributed by atoms with Gasteiger partial charge in [-0.3, -0.25) is 4.90 Å². The van der Waals surface area contributed by atoms with Crippen molar-refractivity contribution in [3.05, 3.63) is 53.7 Å². The predicted molar refractivity (Wildman–Crippen MR) is 127 cm³/mol. The lowest BCUT2D eigenvalue weighted by molar-refractivity contribution is 0.0320. The Hall–Kier alpha value is -2.97. The van der Waals surface area contributed by atoms with Crippen LogP contribution in [0.25, 0.3) is 12.2 Å². The molecule has 0 unspecified atom stereocenters. The summed E-state index contributed by atoms with van der Waals surface area (Å²) in [5.41, 5.74) is 2.13. The molecule has 1 heterocycles. The second-order valence-electron chi connectivity index (χ2n) is 8.16. The normalized spacial score (nSPS) is 11.5. The minimum atomic E-state index is -0.538. The number of halogens is 1. The predicted octanol–water partition coefficient (Wildman–Crippen LogP) is 5.00. The van der Waals surface area contributed by atoms with Gasteiger partial charge in [-0.15, -0.1) is 0 Å². The molecule has 0 bridgehead atoms. The summed E-state index contributed by atoms with van der Waals surface area (Å²) in [5, 5.41) is 0. The monoisotopic (exact) mass is 460 g/mol. The number of hydrogen-bond donors (Lipinski definition) is 0. The van der Waals surface area contributed by atoms with Crippen LogP contribution in [0.1, 0.15) is 31.9 Å². The molecule has 0 aliphatic heterocycles. The maximum Gasteiger partial charge on any atom is 0.414 e. The lowest BCUT2D eigenvalue weighted by Gasteiger charge is -2.24. The first-order valence-electron chi connectivity index (χ1n) is 10.8. The van der Waals surface area contributed by atoms with E-state index < -0.39 is 18.4 Å². The lowest BCUT2D eigenvalue weighted by Crippen LogP contribution is -2.34. The van der Waals surface area contributed by atoms with Gasteiger partial charge in [-0.05, 0) is 50.1 Å². The van der Waals surface area contributed by atoms with E-state index in [2.05, 4.69) is 4.98 Å². The number of rotatable bonds is 12. The third kappa shape index (κ3) is 10.5. The summed E-state index contributed by atoms with van der Waals surface area (Å²) in [6.07, 6.45) is 5.24. The molecule has 1 amide bonds. The van der Waals surface area contributed by atoms with Crippen molar-refractivity contribution in [3.63, 3.8) is 0 Å². The first kappa shape index (κ1) is 26.3. The molecular weight excluding hydrogens is 427 g/mol. The molecule has 0 aliphatic rings. The average molecular weight is 461 g/mol. The van der Waals surface area contributed by atoms with Gasteiger partial charge in [0.15, 0.2) is 0 Å². The van der Waals surface area contributed by atoms with Crippen LogP contribution < -0.4 is 9.64 Å². The van der Waals surface area contributed by atoms with Gasteiger partial charge < -0.3 is 18.9 Å². The molecule has 0 atom stereocenters. The third-order valence-corrected chi connectivity index (χ3v) is 4.25. The molecule has 0 saturated carbocycles. The zero-order valence-electron chi connectivity index (χ0n) is 19.8. The van der Waals surface area contributed by atoms with Gasteiger partial charge in [-0.25, -0.2) is 14.2 Å². The van der Waals surface area contributed by atoms with Crippen molar-refractivity contribution in [2.75, 3.05) is 51.7 Å². The molecule has 2 rings (SSSR count). The molecule has 7 nitrogen and oxygen atoms in total. The summed E-state index contributed by atoms with van der Waals surface area (Å²) in [6, 6.07) is 11.3. The van der Waals surface area contributed by atoms with Crippen LogP contribution in [0.3, 0.4) is 0 Å². The van der Waals surface area contributed by atoms with Gasteiger partial charge in [-0.2, -0.15) is 0 Å². The van der Waals surface area contributed by atoms with E-state index in [1.54, 1.807) is 19.3 Å². The van der Waals surface area contributed by atoms with Crippen molar-refractivity contribution in [1.29, 1.82) is 0 Å². The first-order chi connectivity index (χ1) is 15.8. The topological polar surface area (TPSA) is 70.1 Å². The highest BCUT2D eigenvalue weighted by Gasteiger charge is 2.20. The molecule has 2 aromatic rings. The Bertz CT molecular complexity index is 864. The second kappa shape index (κ2) is 13.5. The van der Waals surface area contributed by atoms with Crippen molar-refractivity contribution >= 4 is 23.9 Å². The fourth-order valence-corrected chi connectivity index (χ4v) is 2.59. The maximum atomic E-state index is 12.2. The number of ether oxygens (including phenoxy) is 4. The van der Waals surface area contributed by atoms with Crippen molar-refractivity contribution in [1.82, 2.24) is 4.98 Å². The highest BCUT2D eigenvalue weighted by molar-refractivity contribution is 5.87. The zero-order chi connectivity index (χ0) is 24.1. The number of anilines is 1. The molecule has 0 fully saturated rings. The van der Waals surface area contributed by atoms with E-state index in [1.165, 1.54) is 4.90 Å². The summed E-state index contributed by atoms with van der Waals surface area (Å²) in [6.45, 7) is 6.67. The third-order valence-electron chi connectivity index (χ3n) is 4.25. The number of pyridine rings is 1. The number of carbonyl (C=O) groups excluding carboxylic acids is 1. The first-order valence-corrected chi connectivity index (χ1v) is 10.8. The van der Waals surface area contributed by atoms with Gasteiger partial charge in [0, 0.05) is 25.0 Å². The van der Waals surface area contributed by atoms with Crippen molar-refractivity contribution in [2.24, 2.45) is 0 Å². The summed E-state index contributed by atoms with van der Waals surface area (Å²) < 4.78 is 33.1. The summed E-state index contributed by atoms with van der Waals surface area (Å²) >= 11 is 0. The molecular formula is C25H33FN2O5. The molecule has 0 radical (unpaired) electrons. The summed E-state index contributed by atoms with van der Waals surface area (Å²) in [5.74, 6) is 0.513. The van der Waals surface area contributed by atoms with E-state index in [1.807, 2.05) is 63.3 Å². The van der Waals surface area contributed by atoms with Gasteiger partial charge in [0.2, 0.25) is 5.88 Å². The number of carbonyl (C=O) groups is 1. The number of benzene rings is 1. The Morgan fingerprint density at radius 3 is 2.15 bits per heavy atom. The zero-order valence-corrected chi connectivity index (χ0v) is 19.8. The van der Waals surface area contributed by atoms with Crippen LogP contribution in [0, 0.1) is 0 Å². The smallest absolute Gasteiger partial charge is 0.414 e. The van der Waals surface area contributed by atoms with Gasteiger partial charge in [-0.1, -0.05) is 24.3 Å². The lowest BCUT2D eigenvalue weighted by atomic mass is 10.1. The van der Waals surface area contributed by atoms with Crippen LogP contribution in [-0.2, 0) is 14.2 Å². The molecule has 180 valence electrons. The molecule has 33 heavy (non-hydrogen) atoms. The highest BCUT2D eigenvalue weighted by Crippen LogP contribution is 2.19. The Kier molecular flexibility index (Phi) is 10.8. The number of nitrogens with zero attached hydrogens (tertiary/aromatic N) is 2. The van der Waals surface area contributed by atoms with Crippen molar-refractivity contribution in [2.45, 2.75) is 26.4 Å². The molecule has 0 N–H and O–H groups in total. The largest absolute Gasteiger partial charge is 0.475 e. The number of aromatic nitrogens is 1. The standard InChI is InChI=1S/C25H33FN2O5/c1-25(2,3)33-24(29)28(4)22-10-7-20(8-11-22)5-6-21-9-12-23(27-19-21)32-18-17-31-16-15-30-14-13-26/h5-12,19H,13-18H2,1-4H3/b6-5+. The van der Waals surface area contributed by atoms with Crippen LogP contribution in [-0.4, -0.2) is 63.4 Å². The fourth-order valence-electron chi connectivity index (χ4n) is 2.59. The number of hydrogen-bond acceptors (Lipinski definition) is 6. The molecule has 1 aromatic carbocycles. The Morgan fingerprint density at radius 1 is 0.939 bits per heavy atom. The van der Waals surface area contributed by atoms with Gasteiger partial charge in [0.1, 0.15) is 18.9 Å². The Balaban J connectivity index is 1.77. The van der Waals surface area contributed by atoms with Crippen LogP contribution in [0.2, 0.25) is 0 Å². The summed E-state index contributed by atoms with van der Waals surface area (Å²) in [7, 11) is 1.68. The summed E-state index contributed by atoms with van der Waals surface area (Å²) in [4.78, 5) is 17.9. The number of alkyl halides is 1. The minimum absolute atomic E-state index is 0.0985. The average Bonchev–Trinajstić information content (AvgIpc) is 2.79. The van der Waals surface area contributed by atoms with Crippen LogP contribution in [0.4, 0.5) is 14.9 Å². The SMILES string of the molecule is CN(C(=O)OC(C)(C)C)c1ccc(/C=C/c2ccc(OCCOCCOCCF)nc2)cc1. The molecule has 8 heteroatoms. The van der Waals surface area contributed by atoms with E-state index in [9.17, 15) is 9.18 Å². The second-order valence-corrected chi connectivity index (χ2v) is 8.16.